The Morgan fingerprint density at radius 1 is 0.917 bits per heavy atom. The highest BCUT2D eigenvalue weighted by Gasteiger charge is 2.53. The molecule has 1 fully saturated rings. The quantitative estimate of drug-likeness (QED) is 0.267. The van der Waals surface area contributed by atoms with Crippen LogP contribution in [-0.2, 0) is 28.6 Å². The van der Waals surface area contributed by atoms with Crippen LogP contribution in [0.25, 0.3) is 0 Å². The first-order valence-electron chi connectivity index (χ1n) is 20.5. The van der Waals surface area contributed by atoms with E-state index in [1.807, 2.05) is 0 Å². The molecule has 1 aliphatic carbocycles. The van der Waals surface area contributed by atoms with E-state index in [2.05, 4.69) is 5.32 Å². The Bertz CT molecular complexity index is 2060. The standard InChI is InChI=1S/C45H58N2O13/c1-21(2)44(55)59-40-27(8)41-32-30-31(40)37(51)33(34(38(30)52)47-18-12-13-19-47)46-43(54)23(4)16-14-15-22(3)35(49)25(6)36(50)26(7)39(58-28(9)48)24(5)29(56-11)17-20-57-45(10,60-41)42(32)53/h14-17,20-22,24-26,29,35-36,39,49-50H,12-13,18-19H2,1-11H3,(H,46,54)/t22-,24+,25+,26-,29-,35-,36-,39+,45-/m0/s1. The van der Waals surface area contributed by atoms with Crippen LogP contribution in [0.5, 0.6) is 11.5 Å². The van der Waals surface area contributed by atoms with Crippen molar-refractivity contribution in [1.29, 1.82) is 0 Å². The third-order valence-corrected chi connectivity index (χ3v) is 12.0. The van der Waals surface area contributed by atoms with Crippen molar-refractivity contribution in [3.8, 4) is 11.5 Å². The van der Waals surface area contributed by atoms with Crippen LogP contribution >= 0.6 is 0 Å². The number of hydrogen-bond donors (Lipinski definition) is 3. The van der Waals surface area contributed by atoms with Gasteiger partial charge in [-0.15, -0.1) is 0 Å². The Kier molecular flexibility index (Phi) is 14.0. The van der Waals surface area contributed by atoms with Crippen LogP contribution in [0.4, 0.5) is 0 Å². The van der Waals surface area contributed by atoms with E-state index < -0.39 is 95.0 Å². The van der Waals surface area contributed by atoms with Gasteiger partial charge in [0.2, 0.25) is 11.6 Å². The predicted molar refractivity (Wildman–Crippen MR) is 218 cm³/mol. The molecule has 0 aromatic heterocycles. The second-order valence-electron chi connectivity index (χ2n) is 16.8. The van der Waals surface area contributed by atoms with Gasteiger partial charge in [-0.2, -0.15) is 0 Å². The van der Waals surface area contributed by atoms with Crippen molar-refractivity contribution in [1.82, 2.24) is 10.2 Å². The first kappa shape index (κ1) is 46.0. The van der Waals surface area contributed by atoms with Gasteiger partial charge in [0.15, 0.2) is 0 Å². The minimum absolute atomic E-state index is 0.0799. The molecule has 1 saturated heterocycles. The Labute approximate surface area is 350 Å². The summed E-state index contributed by atoms with van der Waals surface area (Å²) >= 11 is 0. The number of aliphatic hydroxyl groups is 2. The number of allylic oxidation sites excluding steroid dienone is 4. The van der Waals surface area contributed by atoms with E-state index in [-0.39, 0.29) is 50.7 Å². The summed E-state index contributed by atoms with van der Waals surface area (Å²) < 4.78 is 29.6. The number of benzene rings is 1. The van der Waals surface area contributed by atoms with Gasteiger partial charge in [0.1, 0.15) is 29.0 Å². The molecular weight excluding hydrogens is 776 g/mol. The molecule has 0 unspecified atom stereocenters. The maximum Gasteiger partial charge on any atom is 0.313 e. The number of carbonyl (C=O) groups is 6. The molecule has 1 aromatic rings. The number of Topliss-reactive ketones (excluding diaryl/α,β-unsaturated/α-hetero) is 3. The zero-order chi connectivity index (χ0) is 44.5. The highest BCUT2D eigenvalue weighted by molar-refractivity contribution is 6.32. The molecule has 3 N–H and O–H groups in total. The molecule has 60 heavy (non-hydrogen) atoms. The second kappa shape index (κ2) is 18.2. The van der Waals surface area contributed by atoms with E-state index in [0.29, 0.717) is 25.9 Å². The van der Waals surface area contributed by atoms with E-state index >= 15 is 0 Å². The minimum atomic E-state index is -2.10. The average Bonchev–Trinajstić information content (AvgIpc) is 3.82. The van der Waals surface area contributed by atoms with Gasteiger partial charge < -0.3 is 44.1 Å². The van der Waals surface area contributed by atoms with E-state index in [1.165, 1.54) is 53.2 Å². The number of carbonyl (C=O) groups excluding carboxylic acids is 6. The lowest BCUT2D eigenvalue weighted by atomic mass is 9.78. The summed E-state index contributed by atoms with van der Waals surface area (Å²) in [5, 5.41) is 25.6. The van der Waals surface area contributed by atoms with Crippen LogP contribution in [0, 0.1) is 36.5 Å². The summed E-state index contributed by atoms with van der Waals surface area (Å²) in [4.78, 5) is 85.5. The van der Waals surface area contributed by atoms with Crippen LogP contribution in [0.3, 0.4) is 0 Å². The molecule has 1 amide bonds. The van der Waals surface area contributed by atoms with Crippen molar-refractivity contribution >= 4 is 35.2 Å². The van der Waals surface area contributed by atoms with E-state index in [0.717, 1.165) is 0 Å². The fourth-order valence-corrected chi connectivity index (χ4v) is 8.25. The van der Waals surface area contributed by atoms with Crippen molar-refractivity contribution in [2.75, 3.05) is 20.2 Å². The van der Waals surface area contributed by atoms with Crippen LogP contribution < -0.4 is 14.8 Å². The van der Waals surface area contributed by atoms with Crippen LogP contribution in [0.15, 0.2) is 47.5 Å². The lowest BCUT2D eigenvalue weighted by molar-refractivity contribution is -0.160. The summed E-state index contributed by atoms with van der Waals surface area (Å²) in [5.41, 5.74) is -1.14. The lowest BCUT2D eigenvalue weighted by Gasteiger charge is -2.38. The Balaban J connectivity index is 1.73. The molecule has 0 saturated carbocycles. The summed E-state index contributed by atoms with van der Waals surface area (Å²) in [6, 6.07) is 0. The fourth-order valence-electron chi connectivity index (χ4n) is 8.25. The molecular formula is C45H58N2O13. The summed E-state index contributed by atoms with van der Waals surface area (Å²) in [6.07, 6.45) is 4.85. The van der Waals surface area contributed by atoms with Crippen LogP contribution in [-0.4, -0.2) is 101 Å². The summed E-state index contributed by atoms with van der Waals surface area (Å²) in [5.74, 6) is -10.1. The number of nitrogens with one attached hydrogen (secondary N) is 1. The number of esters is 2. The fraction of sp³-hybridized carbons (Fsp3) is 0.556. The topological polar surface area (TPSA) is 204 Å². The van der Waals surface area contributed by atoms with Gasteiger partial charge in [0, 0.05) is 68.9 Å². The Morgan fingerprint density at radius 3 is 2.17 bits per heavy atom. The van der Waals surface area contributed by atoms with Gasteiger partial charge in [0.05, 0.1) is 47.2 Å². The SMILES string of the molecule is CO[C@H]1C=CO[C@@]2(C)Oc3c(C)c(OC(=O)C(C)C)c4c(c3C2=O)C(=O)C(N2CCCC2)=C(NC(=O)C(C)=CC=C[C@H](C)[C@H](O)[C@@H](C)[C@H](O)[C@H](C)[C@H](OC(C)=O)[C@@H]1C)C4=O. The summed E-state index contributed by atoms with van der Waals surface area (Å²) in [7, 11) is 1.43. The number of likely N-dealkylation sites (tertiary alicyclic amines) is 1. The number of amides is 1. The number of hydrogen-bond acceptors (Lipinski definition) is 14. The first-order valence-corrected chi connectivity index (χ1v) is 20.5. The molecule has 0 radical (unpaired) electrons. The van der Waals surface area contributed by atoms with Crippen molar-refractivity contribution in [2.24, 2.45) is 29.6 Å². The van der Waals surface area contributed by atoms with Gasteiger partial charge in [-0.05, 0) is 32.8 Å². The number of nitrogens with zero attached hydrogens (tertiary/aromatic N) is 1. The Hall–Kier alpha value is -5.12. The summed E-state index contributed by atoms with van der Waals surface area (Å²) in [6.45, 7) is 16.5. The number of fused-ring (bicyclic) bond motifs is 14. The van der Waals surface area contributed by atoms with E-state index in [9.17, 15) is 39.0 Å². The number of ketones is 3. The molecule has 5 bridgehead atoms. The lowest BCUT2D eigenvalue weighted by Crippen LogP contribution is -2.46. The largest absolute Gasteiger partial charge is 0.462 e. The molecule has 0 spiro atoms. The zero-order valence-electron chi connectivity index (χ0n) is 36.2. The molecule has 1 aromatic carbocycles. The molecule has 9 atom stereocenters. The highest BCUT2D eigenvalue weighted by Crippen LogP contribution is 2.49. The normalized spacial score (nSPS) is 30.3. The maximum absolute atomic E-state index is 15.0. The molecule has 326 valence electrons. The average molecular weight is 835 g/mol. The number of ether oxygens (including phenoxy) is 5. The van der Waals surface area contributed by atoms with Crippen molar-refractivity contribution in [2.45, 2.75) is 112 Å². The van der Waals surface area contributed by atoms with Gasteiger partial charge >= 0.3 is 17.7 Å². The van der Waals surface area contributed by atoms with Crippen LogP contribution in [0.1, 0.15) is 112 Å². The highest BCUT2D eigenvalue weighted by atomic mass is 16.7. The van der Waals surface area contributed by atoms with E-state index in [1.54, 1.807) is 58.6 Å². The van der Waals surface area contributed by atoms with Gasteiger partial charge in [0.25, 0.3) is 11.7 Å². The number of methoxy groups -OCH3 is 1. The van der Waals surface area contributed by atoms with Crippen molar-refractivity contribution in [3.05, 3.63) is 69.8 Å². The van der Waals surface area contributed by atoms with Gasteiger partial charge in [-0.25, -0.2) is 0 Å². The Morgan fingerprint density at radius 2 is 1.57 bits per heavy atom. The van der Waals surface area contributed by atoms with Gasteiger partial charge in [-0.1, -0.05) is 59.8 Å². The second-order valence-corrected chi connectivity index (χ2v) is 16.8. The van der Waals surface area contributed by atoms with Crippen molar-refractivity contribution in [3.63, 3.8) is 0 Å². The predicted octanol–water partition coefficient (Wildman–Crippen LogP) is 4.91. The third kappa shape index (κ3) is 8.70. The van der Waals surface area contributed by atoms with E-state index in [4.69, 9.17) is 23.7 Å². The third-order valence-electron chi connectivity index (χ3n) is 12.0. The van der Waals surface area contributed by atoms with Gasteiger partial charge in [-0.3, -0.25) is 28.8 Å². The number of aliphatic hydroxyl groups excluding tert-OH is 2. The molecule has 5 aliphatic rings. The minimum Gasteiger partial charge on any atom is -0.462 e. The molecule has 15 heteroatoms. The number of rotatable bonds is 5. The van der Waals surface area contributed by atoms with Crippen LogP contribution in [0.2, 0.25) is 0 Å². The maximum atomic E-state index is 15.0. The first-order chi connectivity index (χ1) is 28.2. The monoisotopic (exact) mass is 834 g/mol. The zero-order valence-corrected chi connectivity index (χ0v) is 36.2. The molecule has 4 aliphatic heterocycles. The molecule has 4 heterocycles. The van der Waals surface area contributed by atoms with Crippen molar-refractivity contribution < 1.29 is 62.7 Å². The molecule has 6 rings (SSSR count). The smallest absolute Gasteiger partial charge is 0.313 e. The molecule has 15 nitrogen and oxygen atoms in total.